The zero-order chi connectivity index (χ0) is 24.2. The van der Waals surface area contributed by atoms with Crippen LogP contribution in [-0.4, -0.2) is 36.0 Å². The Kier molecular flexibility index (Phi) is 8.97. The quantitative estimate of drug-likeness (QED) is 0.283. The molecule has 0 bridgehead atoms. The number of carboxylic acids is 1. The Morgan fingerprint density at radius 1 is 0.618 bits per heavy atom. The summed E-state index contributed by atoms with van der Waals surface area (Å²) >= 11 is 0. The highest BCUT2D eigenvalue weighted by Gasteiger charge is 2.38. The van der Waals surface area contributed by atoms with Crippen LogP contribution in [-0.2, 0) is 19.8 Å². The lowest BCUT2D eigenvalue weighted by Crippen LogP contribution is -2.37. The normalized spacial score (nSPS) is 10.9. The molecule has 0 unspecified atom stereocenters. The molecule has 6 heteroatoms. The fraction of sp³-hybridized carbons (Fsp3) is 0.250. The molecular formula is C28H30N2O4. The first-order valence-electron chi connectivity index (χ1n) is 11.4. The van der Waals surface area contributed by atoms with Gasteiger partial charge in [0.15, 0.2) is 0 Å². The van der Waals surface area contributed by atoms with Gasteiger partial charge in [-0.3, -0.25) is 14.4 Å². The van der Waals surface area contributed by atoms with Crippen molar-refractivity contribution in [2.45, 2.75) is 31.1 Å². The van der Waals surface area contributed by atoms with Crippen molar-refractivity contribution in [3.05, 3.63) is 108 Å². The van der Waals surface area contributed by atoms with Crippen molar-refractivity contribution in [1.29, 1.82) is 0 Å². The number of aliphatic carboxylic acids is 1. The van der Waals surface area contributed by atoms with E-state index >= 15 is 0 Å². The van der Waals surface area contributed by atoms with Gasteiger partial charge in [-0.1, -0.05) is 91.0 Å². The second-order valence-electron chi connectivity index (χ2n) is 8.13. The number of benzene rings is 3. The van der Waals surface area contributed by atoms with E-state index in [1.165, 1.54) is 0 Å². The number of carbonyl (C=O) groups excluding carboxylic acids is 2. The molecule has 0 saturated carbocycles. The van der Waals surface area contributed by atoms with Crippen molar-refractivity contribution in [2.75, 3.05) is 13.1 Å². The van der Waals surface area contributed by atoms with E-state index in [0.717, 1.165) is 16.7 Å². The Morgan fingerprint density at radius 2 is 1.06 bits per heavy atom. The van der Waals surface area contributed by atoms with Crippen LogP contribution in [0.5, 0.6) is 0 Å². The molecule has 34 heavy (non-hydrogen) atoms. The molecule has 3 aromatic rings. The highest BCUT2D eigenvalue weighted by molar-refractivity contribution is 5.80. The summed E-state index contributed by atoms with van der Waals surface area (Å²) in [4.78, 5) is 35.6. The van der Waals surface area contributed by atoms with Gasteiger partial charge in [-0.2, -0.15) is 0 Å². The first-order chi connectivity index (χ1) is 16.5. The first-order valence-corrected chi connectivity index (χ1v) is 11.4. The van der Waals surface area contributed by atoms with E-state index in [1.807, 2.05) is 54.6 Å². The van der Waals surface area contributed by atoms with Gasteiger partial charge in [-0.05, 0) is 23.1 Å². The molecule has 0 aliphatic rings. The lowest BCUT2D eigenvalue weighted by atomic mass is 9.67. The lowest BCUT2D eigenvalue weighted by Gasteiger charge is -2.35. The molecule has 0 heterocycles. The van der Waals surface area contributed by atoms with Crippen molar-refractivity contribution in [2.24, 2.45) is 0 Å². The van der Waals surface area contributed by atoms with Crippen molar-refractivity contribution in [3.63, 3.8) is 0 Å². The predicted molar refractivity (Wildman–Crippen MR) is 131 cm³/mol. The van der Waals surface area contributed by atoms with Gasteiger partial charge in [-0.15, -0.1) is 0 Å². The molecule has 3 N–H and O–H groups in total. The van der Waals surface area contributed by atoms with E-state index in [0.29, 0.717) is 13.0 Å². The molecule has 0 atom stereocenters. The minimum Gasteiger partial charge on any atom is -0.481 e. The van der Waals surface area contributed by atoms with E-state index in [2.05, 4.69) is 47.0 Å². The van der Waals surface area contributed by atoms with E-state index in [4.69, 9.17) is 5.11 Å². The second kappa shape index (κ2) is 12.3. The molecule has 0 saturated heterocycles. The standard InChI is InChI=1S/C28H30N2O4/c31-25(30-20-18-27(33)34)17-10-19-29-26(32)21-28(22-11-4-1-5-12-22,23-13-6-2-7-14-23)24-15-8-3-9-16-24/h1-9,11-16H,10,17-21H2,(H,29,32)(H,30,31)(H,33,34). The van der Waals surface area contributed by atoms with E-state index < -0.39 is 11.4 Å². The van der Waals surface area contributed by atoms with Crippen LogP contribution >= 0.6 is 0 Å². The molecule has 0 aromatic heterocycles. The third kappa shape index (κ3) is 6.54. The maximum Gasteiger partial charge on any atom is 0.305 e. The van der Waals surface area contributed by atoms with Crippen LogP contribution in [0.1, 0.15) is 42.4 Å². The van der Waals surface area contributed by atoms with Gasteiger partial charge < -0.3 is 15.7 Å². The number of amides is 2. The smallest absolute Gasteiger partial charge is 0.305 e. The molecule has 0 spiro atoms. The van der Waals surface area contributed by atoms with Crippen molar-refractivity contribution < 1.29 is 19.5 Å². The van der Waals surface area contributed by atoms with Crippen molar-refractivity contribution in [1.82, 2.24) is 10.6 Å². The predicted octanol–water partition coefficient (Wildman–Crippen LogP) is 3.90. The maximum atomic E-state index is 13.2. The van der Waals surface area contributed by atoms with Gasteiger partial charge in [0.2, 0.25) is 11.8 Å². The Labute approximate surface area is 200 Å². The molecule has 3 rings (SSSR count). The monoisotopic (exact) mass is 458 g/mol. The number of rotatable bonds is 12. The molecule has 0 aliphatic heterocycles. The first kappa shape index (κ1) is 24.7. The number of nitrogens with one attached hydrogen (secondary N) is 2. The lowest BCUT2D eigenvalue weighted by molar-refractivity contribution is -0.137. The maximum absolute atomic E-state index is 13.2. The summed E-state index contributed by atoms with van der Waals surface area (Å²) in [6.07, 6.45) is 0.805. The fourth-order valence-electron chi connectivity index (χ4n) is 4.15. The van der Waals surface area contributed by atoms with E-state index in [1.54, 1.807) is 0 Å². The average Bonchev–Trinajstić information content (AvgIpc) is 2.86. The van der Waals surface area contributed by atoms with Gasteiger partial charge in [0, 0.05) is 25.9 Å². The number of hydrogen-bond acceptors (Lipinski definition) is 3. The van der Waals surface area contributed by atoms with Crippen molar-refractivity contribution >= 4 is 17.8 Å². The zero-order valence-corrected chi connectivity index (χ0v) is 19.1. The molecule has 3 aromatic carbocycles. The number of carbonyl (C=O) groups is 3. The minimum absolute atomic E-state index is 0.105. The van der Waals surface area contributed by atoms with E-state index in [9.17, 15) is 14.4 Å². The Hall–Kier alpha value is -3.93. The van der Waals surface area contributed by atoms with Gasteiger partial charge >= 0.3 is 5.97 Å². The van der Waals surface area contributed by atoms with Crippen LogP contribution < -0.4 is 10.6 Å². The topological polar surface area (TPSA) is 95.5 Å². The number of carboxylic acid groups (broad SMARTS) is 1. The van der Waals surface area contributed by atoms with Gasteiger partial charge in [-0.25, -0.2) is 0 Å². The summed E-state index contributed by atoms with van der Waals surface area (Å²) < 4.78 is 0. The molecule has 6 nitrogen and oxygen atoms in total. The van der Waals surface area contributed by atoms with Crippen LogP contribution in [0.15, 0.2) is 91.0 Å². The van der Waals surface area contributed by atoms with Crippen molar-refractivity contribution in [3.8, 4) is 0 Å². The molecule has 0 radical (unpaired) electrons. The molecule has 176 valence electrons. The summed E-state index contributed by atoms with van der Waals surface area (Å²) in [6, 6.07) is 30.1. The zero-order valence-electron chi connectivity index (χ0n) is 19.1. The summed E-state index contributed by atoms with van der Waals surface area (Å²) in [5.41, 5.74) is 2.42. The van der Waals surface area contributed by atoms with Crippen LogP contribution in [0.4, 0.5) is 0 Å². The van der Waals surface area contributed by atoms with Gasteiger partial charge in [0.05, 0.1) is 11.8 Å². The molecular weight excluding hydrogens is 428 g/mol. The average molecular weight is 459 g/mol. The highest BCUT2D eigenvalue weighted by atomic mass is 16.4. The minimum atomic E-state index is -0.953. The molecule has 0 fully saturated rings. The van der Waals surface area contributed by atoms with Crippen LogP contribution in [0.2, 0.25) is 0 Å². The Balaban J connectivity index is 1.74. The van der Waals surface area contributed by atoms with Crippen LogP contribution in [0.25, 0.3) is 0 Å². The van der Waals surface area contributed by atoms with Crippen LogP contribution in [0.3, 0.4) is 0 Å². The SMILES string of the molecule is O=C(O)CCNC(=O)CCCNC(=O)CC(c1ccccc1)(c1ccccc1)c1ccccc1. The van der Waals surface area contributed by atoms with E-state index in [-0.39, 0.29) is 37.6 Å². The summed E-state index contributed by atoms with van der Waals surface area (Å²) in [5.74, 6) is -1.28. The second-order valence-corrected chi connectivity index (χ2v) is 8.13. The van der Waals surface area contributed by atoms with Gasteiger partial charge in [0.25, 0.3) is 0 Å². The molecule has 0 aliphatic carbocycles. The third-order valence-electron chi connectivity index (χ3n) is 5.79. The Morgan fingerprint density at radius 3 is 1.50 bits per heavy atom. The Bertz CT molecular complexity index is 973. The largest absolute Gasteiger partial charge is 0.481 e. The fourth-order valence-corrected chi connectivity index (χ4v) is 4.15. The number of hydrogen-bond donors (Lipinski definition) is 3. The summed E-state index contributed by atoms with van der Waals surface area (Å²) in [7, 11) is 0. The van der Waals surface area contributed by atoms with Crippen LogP contribution in [0, 0.1) is 0 Å². The highest BCUT2D eigenvalue weighted by Crippen LogP contribution is 2.42. The summed E-state index contributed by atoms with van der Waals surface area (Å²) in [6.45, 7) is 0.466. The summed E-state index contributed by atoms with van der Waals surface area (Å²) in [5, 5.41) is 14.2. The van der Waals surface area contributed by atoms with Gasteiger partial charge in [0.1, 0.15) is 0 Å². The third-order valence-corrected chi connectivity index (χ3v) is 5.79. The molecule has 2 amide bonds.